The van der Waals surface area contributed by atoms with Gasteiger partial charge in [0.2, 0.25) is 0 Å². The Morgan fingerprint density at radius 1 is 1.40 bits per heavy atom. The Bertz CT molecular complexity index is 519. The molecule has 0 aliphatic heterocycles. The lowest BCUT2D eigenvalue weighted by Gasteiger charge is -2.07. The van der Waals surface area contributed by atoms with Gasteiger partial charge in [-0.05, 0) is 12.1 Å². The maximum absolute atomic E-state index is 11.7. The SMILES string of the molecule is O=c1sc2ccccc2n1C[C@H](Br)CBr. The highest BCUT2D eigenvalue weighted by atomic mass is 79.9. The number of hydrogen-bond acceptors (Lipinski definition) is 2. The highest BCUT2D eigenvalue weighted by molar-refractivity contribution is 9.12. The third-order valence-corrected chi connectivity index (χ3v) is 5.35. The summed E-state index contributed by atoms with van der Waals surface area (Å²) in [5.74, 6) is 0. The van der Waals surface area contributed by atoms with Crippen molar-refractivity contribution >= 4 is 53.4 Å². The number of thiazole rings is 1. The van der Waals surface area contributed by atoms with Crippen molar-refractivity contribution in [2.75, 3.05) is 5.33 Å². The fourth-order valence-corrected chi connectivity index (χ4v) is 2.83. The van der Waals surface area contributed by atoms with E-state index >= 15 is 0 Å². The zero-order chi connectivity index (χ0) is 10.8. The van der Waals surface area contributed by atoms with Crippen LogP contribution in [0.1, 0.15) is 0 Å². The lowest BCUT2D eigenvalue weighted by Crippen LogP contribution is -2.19. The second kappa shape index (κ2) is 4.80. The summed E-state index contributed by atoms with van der Waals surface area (Å²) in [5.41, 5.74) is 1.03. The van der Waals surface area contributed by atoms with Gasteiger partial charge in [-0.3, -0.25) is 9.36 Å². The Morgan fingerprint density at radius 2 is 2.13 bits per heavy atom. The van der Waals surface area contributed by atoms with Crippen LogP contribution in [0.15, 0.2) is 29.1 Å². The predicted octanol–water partition coefficient (Wildman–Crippen LogP) is 3.22. The van der Waals surface area contributed by atoms with Gasteiger partial charge in [-0.1, -0.05) is 55.3 Å². The minimum atomic E-state index is 0.113. The number of aromatic nitrogens is 1. The zero-order valence-electron chi connectivity index (χ0n) is 7.82. The predicted molar refractivity (Wildman–Crippen MR) is 72.6 cm³/mol. The first-order valence-corrected chi connectivity index (χ1v) is 7.36. The minimum absolute atomic E-state index is 0.113. The topological polar surface area (TPSA) is 22.0 Å². The summed E-state index contributed by atoms with van der Waals surface area (Å²) in [5, 5.41) is 0.837. The van der Waals surface area contributed by atoms with E-state index in [1.165, 1.54) is 11.3 Å². The Kier molecular flexibility index (Phi) is 3.64. The van der Waals surface area contributed by atoms with E-state index in [0.717, 1.165) is 15.5 Å². The zero-order valence-corrected chi connectivity index (χ0v) is 11.8. The molecule has 2 aromatic rings. The molecule has 0 fully saturated rings. The third-order valence-electron chi connectivity index (χ3n) is 2.12. The average molecular weight is 351 g/mol. The molecule has 2 nitrogen and oxygen atoms in total. The van der Waals surface area contributed by atoms with Crippen LogP contribution in [0.4, 0.5) is 0 Å². The molecule has 1 aromatic heterocycles. The smallest absolute Gasteiger partial charge is 0.297 e. The Balaban J connectivity index is 2.50. The second-order valence-corrected chi connectivity index (χ2v) is 6.13. The highest BCUT2D eigenvalue weighted by Gasteiger charge is 2.10. The van der Waals surface area contributed by atoms with Gasteiger partial charge in [-0.15, -0.1) is 0 Å². The van der Waals surface area contributed by atoms with Crippen molar-refractivity contribution in [3.63, 3.8) is 0 Å². The van der Waals surface area contributed by atoms with Gasteiger partial charge in [0, 0.05) is 16.7 Å². The van der Waals surface area contributed by atoms with Gasteiger partial charge in [0.1, 0.15) is 0 Å². The molecule has 0 N–H and O–H groups in total. The average Bonchev–Trinajstić information content (AvgIpc) is 2.55. The molecule has 5 heteroatoms. The number of nitrogens with zero attached hydrogens (tertiary/aromatic N) is 1. The summed E-state index contributed by atoms with van der Waals surface area (Å²) >= 11 is 8.21. The summed E-state index contributed by atoms with van der Waals surface area (Å²) in [6.07, 6.45) is 0. The number of benzene rings is 1. The molecule has 0 saturated carbocycles. The van der Waals surface area contributed by atoms with Crippen molar-refractivity contribution < 1.29 is 0 Å². The summed E-state index contributed by atoms with van der Waals surface area (Å²) in [4.78, 5) is 12.1. The second-order valence-electron chi connectivity index (χ2n) is 3.20. The fourth-order valence-electron chi connectivity index (χ4n) is 1.43. The Labute approximate surface area is 108 Å². The first-order chi connectivity index (χ1) is 7.22. The van der Waals surface area contributed by atoms with Gasteiger partial charge in [-0.25, -0.2) is 0 Å². The first kappa shape index (κ1) is 11.4. The maximum Gasteiger partial charge on any atom is 0.308 e. The standard InChI is InChI=1S/C10H9Br2NOS/c11-5-7(12)6-13-8-3-1-2-4-9(8)15-10(13)14/h1-4,7H,5-6H2/t7-/m1/s1. The molecule has 15 heavy (non-hydrogen) atoms. The van der Waals surface area contributed by atoms with Crippen molar-refractivity contribution in [1.29, 1.82) is 0 Å². The van der Waals surface area contributed by atoms with E-state index in [-0.39, 0.29) is 9.70 Å². The number of fused-ring (bicyclic) bond motifs is 1. The number of halogens is 2. The molecule has 1 atom stereocenters. The monoisotopic (exact) mass is 349 g/mol. The fraction of sp³-hybridized carbons (Fsp3) is 0.300. The van der Waals surface area contributed by atoms with Gasteiger partial charge in [0.25, 0.3) is 0 Å². The summed E-state index contributed by atoms with van der Waals surface area (Å²) < 4.78 is 2.87. The van der Waals surface area contributed by atoms with Crippen LogP contribution in [0.25, 0.3) is 10.2 Å². The van der Waals surface area contributed by atoms with E-state index in [1.54, 1.807) is 0 Å². The molecular weight excluding hydrogens is 342 g/mol. The molecule has 0 aliphatic carbocycles. The van der Waals surface area contributed by atoms with Crippen LogP contribution in [0.3, 0.4) is 0 Å². The van der Waals surface area contributed by atoms with E-state index in [4.69, 9.17) is 0 Å². The molecule has 1 aromatic carbocycles. The lowest BCUT2D eigenvalue weighted by atomic mass is 10.3. The molecule has 0 amide bonds. The van der Waals surface area contributed by atoms with E-state index in [9.17, 15) is 4.79 Å². The van der Waals surface area contributed by atoms with Gasteiger partial charge in [-0.2, -0.15) is 0 Å². The highest BCUT2D eigenvalue weighted by Crippen LogP contribution is 2.18. The van der Waals surface area contributed by atoms with E-state index in [2.05, 4.69) is 31.9 Å². The Hall–Kier alpha value is -0.130. The molecule has 0 spiro atoms. The van der Waals surface area contributed by atoms with Crippen molar-refractivity contribution in [3.05, 3.63) is 33.9 Å². The largest absolute Gasteiger partial charge is 0.308 e. The molecule has 1 heterocycles. The first-order valence-electron chi connectivity index (χ1n) is 4.51. The molecule has 80 valence electrons. The van der Waals surface area contributed by atoms with Crippen molar-refractivity contribution in [1.82, 2.24) is 4.57 Å². The number of rotatable bonds is 3. The van der Waals surface area contributed by atoms with Crippen LogP contribution >= 0.6 is 43.2 Å². The summed E-state index contributed by atoms with van der Waals surface area (Å²) in [7, 11) is 0. The molecule has 2 rings (SSSR count). The van der Waals surface area contributed by atoms with Crippen LogP contribution in [-0.2, 0) is 6.54 Å². The summed E-state index contributed by atoms with van der Waals surface area (Å²) in [6.45, 7) is 0.702. The van der Waals surface area contributed by atoms with Crippen molar-refractivity contribution in [2.24, 2.45) is 0 Å². The number of para-hydroxylation sites is 1. The van der Waals surface area contributed by atoms with Crippen LogP contribution < -0.4 is 4.87 Å². The van der Waals surface area contributed by atoms with Crippen LogP contribution in [0, 0.1) is 0 Å². The van der Waals surface area contributed by atoms with Crippen LogP contribution in [0.5, 0.6) is 0 Å². The van der Waals surface area contributed by atoms with E-state index in [1.807, 2.05) is 28.8 Å². The van der Waals surface area contributed by atoms with Crippen LogP contribution in [0.2, 0.25) is 0 Å². The number of hydrogen-bond donors (Lipinski definition) is 0. The van der Waals surface area contributed by atoms with E-state index < -0.39 is 0 Å². The molecule has 0 aliphatic rings. The van der Waals surface area contributed by atoms with E-state index in [0.29, 0.717) is 6.54 Å². The minimum Gasteiger partial charge on any atom is -0.297 e. The molecule has 0 radical (unpaired) electrons. The Morgan fingerprint density at radius 3 is 2.87 bits per heavy atom. The van der Waals surface area contributed by atoms with Gasteiger partial charge in [0.05, 0.1) is 10.2 Å². The summed E-state index contributed by atoms with van der Waals surface area (Å²) in [6, 6.07) is 7.89. The lowest BCUT2D eigenvalue weighted by molar-refractivity contribution is 0.718. The van der Waals surface area contributed by atoms with Crippen molar-refractivity contribution in [2.45, 2.75) is 11.4 Å². The van der Waals surface area contributed by atoms with Crippen LogP contribution in [-0.4, -0.2) is 14.7 Å². The molecule has 0 unspecified atom stereocenters. The van der Waals surface area contributed by atoms with Gasteiger partial charge >= 0.3 is 4.87 Å². The van der Waals surface area contributed by atoms with Gasteiger partial charge < -0.3 is 0 Å². The molecular formula is C10H9Br2NOS. The maximum atomic E-state index is 11.7. The normalized spacial score (nSPS) is 13.2. The quantitative estimate of drug-likeness (QED) is 0.779. The number of alkyl halides is 2. The third kappa shape index (κ3) is 2.34. The molecule has 0 saturated heterocycles. The molecule has 0 bridgehead atoms. The van der Waals surface area contributed by atoms with Crippen molar-refractivity contribution in [3.8, 4) is 0 Å². The van der Waals surface area contributed by atoms with Gasteiger partial charge in [0.15, 0.2) is 0 Å².